The summed E-state index contributed by atoms with van der Waals surface area (Å²) in [6.07, 6.45) is 6.61. The molecule has 1 fully saturated rings. The zero-order valence-corrected chi connectivity index (χ0v) is 12.7. The maximum Gasteiger partial charge on any atom is 0.331 e. The molecule has 1 aliphatic rings. The minimum absolute atomic E-state index is 0.00597. The number of ether oxygens (including phenoxy) is 1. The van der Waals surface area contributed by atoms with Crippen molar-refractivity contribution >= 4 is 11.9 Å². The van der Waals surface area contributed by atoms with Crippen LogP contribution in [-0.4, -0.2) is 24.5 Å². The molecule has 0 aliphatic heterocycles. The average molecular weight is 269 g/mol. The largest absolute Gasteiger partial charge is 0.467 e. The van der Waals surface area contributed by atoms with Crippen LogP contribution < -0.4 is 5.32 Å². The van der Waals surface area contributed by atoms with Crippen LogP contribution in [-0.2, 0) is 14.3 Å². The van der Waals surface area contributed by atoms with E-state index >= 15 is 0 Å². The first-order valence-electron chi connectivity index (χ1n) is 7.29. The van der Waals surface area contributed by atoms with Crippen LogP contribution >= 0.6 is 0 Å². The summed E-state index contributed by atoms with van der Waals surface area (Å²) in [7, 11) is 1.37. The topological polar surface area (TPSA) is 55.4 Å². The first kappa shape index (κ1) is 16.0. The molecule has 0 bridgehead atoms. The molecular formula is C15H27NO3. The fraction of sp³-hybridized carbons (Fsp3) is 0.867. The van der Waals surface area contributed by atoms with Gasteiger partial charge in [-0.15, -0.1) is 0 Å². The zero-order chi connectivity index (χ0) is 14.5. The summed E-state index contributed by atoms with van der Waals surface area (Å²) in [5.74, 6) is -0.365. The normalized spacial score (nSPS) is 21.3. The number of esters is 1. The van der Waals surface area contributed by atoms with Crippen LogP contribution in [0.1, 0.15) is 65.7 Å². The average Bonchev–Trinajstić information content (AvgIpc) is 2.38. The van der Waals surface area contributed by atoms with Gasteiger partial charge in [0.2, 0.25) is 5.91 Å². The Morgan fingerprint density at radius 3 is 2.32 bits per heavy atom. The van der Waals surface area contributed by atoms with Crippen molar-refractivity contribution in [3.05, 3.63) is 0 Å². The predicted octanol–water partition coefficient (Wildman–Crippen LogP) is 2.80. The van der Waals surface area contributed by atoms with Crippen LogP contribution in [0.2, 0.25) is 0 Å². The standard InChI is InChI=1S/C15H27NO3/c1-5-9-15(3,13(18)19-4)16-12(17)14(2)10-7-6-8-11-14/h5-11H2,1-4H3,(H,16,17). The van der Waals surface area contributed by atoms with Gasteiger partial charge in [-0.1, -0.05) is 39.5 Å². The van der Waals surface area contributed by atoms with Gasteiger partial charge in [0.1, 0.15) is 5.54 Å². The zero-order valence-electron chi connectivity index (χ0n) is 12.7. The molecule has 110 valence electrons. The van der Waals surface area contributed by atoms with E-state index in [2.05, 4.69) is 5.32 Å². The highest BCUT2D eigenvalue weighted by Crippen LogP contribution is 2.36. The van der Waals surface area contributed by atoms with Crippen molar-refractivity contribution in [1.29, 1.82) is 0 Å². The Bertz CT molecular complexity index is 334. The molecule has 0 aromatic carbocycles. The highest BCUT2D eigenvalue weighted by molar-refractivity contribution is 5.90. The van der Waals surface area contributed by atoms with Gasteiger partial charge >= 0.3 is 5.97 Å². The van der Waals surface area contributed by atoms with E-state index in [0.717, 1.165) is 32.1 Å². The fourth-order valence-corrected chi connectivity index (χ4v) is 2.90. The highest BCUT2D eigenvalue weighted by Gasteiger charge is 2.41. The Kier molecular flexibility index (Phi) is 5.39. The van der Waals surface area contributed by atoms with E-state index in [1.54, 1.807) is 6.92 Å². The third-order valence-electron chi connectivity index (χ3n) is 4.28. The molecule has 4 nitrogen and oxygen atoms in total. The van der Waals surface area contributed by atoms with Gasteiger partial charge in [-0.05, 0) is 26.2 Å². The lowest BCUT2D eigenvalue weighted by atomic mass is 9.74. The molecule has 0 saturated heterocycles. The van der Waals surface area contributed by atoms with E-state index in [4.69, 9.17) is 4.74 Å². The highest BCUT2D eigenvalue weighted by atomic mass is 16.5. The number of hydrogen-bond acceptors (Lipinski definition) is 3. The molecule has 1 N–H and O–H groups in total. The van der Waals surface area contributed by atoms with E-state index in [1.807, 2.05) is 13.8 Å². The van der Waals surface area contributed by atoms with E-state index in [1.165, 1.54) is 13.5 Å². The summed E-state index contributed by atoms with van der Waals surface area (Å²) < 4.78 is 4.84. The second-order valence-electron chi connectivity index (χ2n) is 6.15. The van der Waals surface area contributed by atoms with Gasteiger partial charge in [-0.2, -0.15) is 0 Å². The molecule has 0 spiro atoms. The van der Waals surface area contributed by atoms with Crippen molar-refractivity contribution in [2.75, 3.05) is 7.11 Å². The molecule has 0 aromatic rings. The van der Waals surface area contributed by atoms with Crippen molar-refractivity contribution < 1.29 is 14.3 Å². The predicted molar refractivity (Wildman–Crippen MR) is 74.7 cm³/mol. The van der Waals surface area contributed by atoms with Gasteiger partial charge in [0, 0.05) is 5.41 Å². The number of methoxy groups -OCH3 is 1. The first-order chi connectivity index (χ1) is 8.88. The molecule has 19 heavy (non-hydrogen) atoms. The summed E-state index contributed by atoms with van der Waals surface area (Å²) in [6.45, 7) is 5.76. The van der Waals surface area contributed by atoms with Crippen LogP contribution in [0.25, 0.3) is 0 Å². The van der Waals surface area contributed by atoms with Gasteiger partial charge in [-0.3, -0.25) is 4.79 Å². The lowest BCUT2D eigenvalue weighted by Crippen LogP contribution is -2.56. The third kappa shape index (κ3) is 3.71. The quantitative estimate of drug-likeness (QED) is 0.781. The number of carbonyl (C=O) groups excluding carboxylic acids is 2. The van der Waals surface area contributed by atoms with E-state index in [-0.39, 0.29) is 17.3 Å². The molecule has 1 atom stereocenters. The van der Waals surface area contributed by atoms with Crippen molar-refractivity contribution in [3.63, 3.8) is 0 Å². The van der Waals surface area contributed by atoms with Crippen LogP contribution in [0.4, 0.5) is 0 Å². The maximum atomic E-state index is 12.5. The van der Waals surface area contributed by atoms with Crippen LogP contribution in [0.15, 0.2) is 0 Å². The number of amides is 1. The van der Waals surface area contributed by atoms with Crippen LogP contribution in [0.3, 0.4) is 0 Å². The molecule has 1 aliphatic carbocycles. The second kappa shape index (κ2) is 6.40. The van der Waals surface area contributed by atoms with Crippen molar-refractivity contribution in [2.45, 2.75) is 71.3 Å². The Morgan fingerprint density at radius 2 is 1.84 bits per heavy atom. The minimum atomic E-state index is -0.902. The van der Waals surface area contributed by atoms with E-state index in [0.29, 0.717) is 6.42 Å². The summed E-state index contributed by atoms with van der Waals surface area (Å²) in [4.78, 5) is 24.4. The molecule has 1 saturated carbocycles. The summed E-state index contributed by atoms with van der Waals surface area (Å²) in [6, 6.07) is 0. The van der Waals surface area contributed by atoms with Gasteiger partial charge in [-0.25, -0.2) is 4.79 Å². The molecule has 1 unspecified atom stereocenters. The minimum Gasteiger partial charge on any atom is -0.467 e. The van der Waals surface area contributed by atoms with Gasteiger partial charge in [0.15, 0.2) is 0 Å². The van der Waals surface area contributed by atoms with Crippen molar-refractivity contribution in [3.8, 4) is 0 Å². The summed E-state index contributed by atoms with van der Waals surface area (Å²) in [5, 5.41) is 2.94. The summed E-state index contributed by atoms with van der Waals surface area (Å²) >= 11 is 0. The third-order valence-corrected chi connectivity index (χ3v) is 4.28. The summed E-state index contributed by atoms with van der Waals surface area (Å²) in [5.41, 5.74) is -1.23. The van der Waals surface area contributed by atoms with Crippen molar-refractivity contribution in [1.82, 2.24) is 5.32 Å². The molecule has 4 heteroatoms. The van der Waals surface area contributed by atoms with Gasteiger partial charge in [0.25, 0.3) is 0 Å². The SMILES string of the molecule is CCCC(C)(NC(=O)C1(C)CCCCC1)C(=O)OC. The monoisotopic (exact) mass is 269 g/mol. The Morgan fingerprint density at radius 1 is 1.26 bits per heavy atom. The van der Waals surface area contributed by atoms with Gasteiger partial charge in [0.05, 0.1) is 7.11 Å². The second-order valence-corrected chi connectivity index (χ2v) is 6.15. The van der Waals surface area contributed by atoms with E-state index < -0.39 is 5.54 Å². The Balaban J connectivity index is 2.78. The first-order valence-corrected chi connectivity index (χ1v) is 7.29. The Labute approximate surface area is 116 Å². The molecule has 0 aromatic heterocycles. The number of carbonyl (C=O) groups is 2. The number of rotatable bonds is 5. The maximum absolute atomic E-state index is 12.5. The molecule has 1 amide bonds. The van der Waals surface area contributed by atoms with Crippen LogP contribution in [0.5, 0.6) is 0 Å². The number of nitrogens with one attached hydrogen (secondary N) is 1. The smallest absolute Gasteiger partial charge is 0.331 e. The lowest BCUT2D eigenvalue weighted by molar-refractivity contribution is -0.152. The lowest BCUT2D eigenvalue weighted by Gasteiger charge is -2.36. The Hall–Kier alpha value is -1.06. The fourth-order valence-electron chi connectivity index (χ4n) is 2.90. The molecular weight excluding hydrogens is 242 g/mol. The molecule has 0 radical (unpaired) electrons. The van der Waals surface area contributed by atoms with Crippen LogP contribution in [0, 0.1) is 5.41 Å². The van der Waals surface area contributed by atoms with E-state index in [9.17, 15) is 9.59 Å². The molecule has 1 rings (SSSR count). The van der Waals surface area contributed by atoms with Crippen molar-refractivity contribution in [2.24, 2.45) is 5.41 Å². The molecule has 0 heterocycles. The van der Waals surface area contributed by atoms with Gasteiger partial charge < -0.3 is 10.1 Å². The number of hydrogen-bond donors (Lipinski definition) is 1.